The van der Waals surface area contributed by atoms with Crippen LogP contribution in [0.3, 0.4) is 0 Å². The minimum Gasteiger partial charge on any atom is -0.322 e. The number of likely N-dealkylation sites (tertiary alicyclic amines) is 1. The molecule has 0 amide bonds. The Morgan fingerprint density at radius 3 is 2.45 bits per heavy atom. The second-order valence-corrected chi connectivity index (χ2v) is 8.91. The number of fused-ring (bicyclic) bond motifs is 3. The second-order valence-electron chi connectivity index (χ2n) is 8.91. The summed E-state index contributed by atoms with van der Waals surface area (Å²) in [5.41, 5.74) is 6.25. The van der Waals surface area contributed by atoms with E-state index in [1.165, 1.54) is 47.8 Å². The number of aromatic amines is 1. The molecule has 1 saturated heterocycles. The van der Waals surface area contributed by atoms with E-state index in [0.29, 0.717) is 0 Å². The van der Waals surface area contributed by atoms with Gasteiger partial charge >= 0.3 is 0 Å². The van der Waals surface area contributed by atoms with Gasteiger partial charge in [-0.05, 0) is 86.7 Å². The molecule has 1 aliphatic carbocycles. The summed E-state index contributed by atoms with van der Waals surface area (Å²) in [7, 11) is 0. The van der Waals surface area contributed by atoms with Gasteiger partial charge in [0.2, 0.25) is 0 Å². The molecule has 2 heterocycles. The van der Waals surface area contributed by atoms with E-state index in [1.807, 2.05) is 0 Å². The predicted molar refractivity (Wildman–Crippen MR) is 119 cm³/mol. The number of aryl methyl sites for hydroxylation is 1. The molecule has 3 nitrogen and oxygen atoms in total. The van der Waals surface area contributed by atoms with Gasteiger partial charge in [0, 0.05) is 23.0 Å². The number of nitrogens with zero attached hydrogens (tertiary/aromatic N) is 1. The molecule has 29 heavy (non-hydrogen) atoms. The largest absolute Gasteiger partial charge is 0.322 e. The van der Waals surface area contributed by atoms with Crippen molar-refractivity contribution in [2.24, 2.45) is 5.92 Å². The van der Waals surface area contributed by atoms with Gasteiger partial charge in [-0.1, -0.05) is 42.5 Å². The van der Waals surface area contributed by atoms with E-state index < -0.39 is 0 Å². The summed E-state index contributed by atoms with van der Waals surface area (Å²) < 4.78 is 0. The summed E-state index contributed by atoms with van der Waals surface area (Å²) in [5, 5.41) is 1.25. The zero-order chi connectivity index (χ0) is 19.6. The molecule has 0 saturated carbocycles. The van der Waals surface area contributed by atoms with Crippen molar-refractivity contribution in [1.29, 1.82) is 0 Å². The molecule has 1 fully saturated rings. The monoisotopic (exact) mass is 386 g/mol. The van der Waals surface area contributed by atoms with E-state index in [0.717, 1.165) is 55.9 Å². The van der Waals surface area contributed by atoms with Gasteiger partial charge in [0.25, 0.3) is 5.56 Å². The summed E-state index contributed by atoms with van der Waals surface area (Å²) in [6.07, 6.45) is 8.06. The molecule has 0 atom stereocenters. The van der Waals surface area contributed by atoms with Crippen LogP contribution >= 0.6 is 0 Å². The lowest BCUT2D eigenvalue weighted by molar-refractivity contribution is 0.177. The SMILES string of the molecule is O=c1[nH]c2cc(CN3CCC(Cc4ccccc4)CC3)ccc2c2c1CCCC2. The van der Waals surface area contributed by atoms with E-state index in [9.17, 15) is 4.79 Å². The van der Waals surface area contributed by atoms with Gasteiger partial charge in [-0.25, -0.2) is 0 Å². The van der Waals surface area contributed by atoms with Crippen molar-refractivity contribution in [2.45, 2.75) is 51.5 Å². The van der Waals surface area contributed by atoms with E-state index in [2.05, 4.69) is 58.4 Å². The van der Waals surface area contributed by atoms with E-state index in [1.54, 1.807) is 0 Å². The quantitative estimate of drug-likeness (QED) is 0.695. The first-order chi connectivity index (χ1) is 14.3. The van der Waals surface area contributed by atoms with Crippen molar-refractivity contribution < 1.29 is 0 Å². The van der Waals surface area contributed by atoms with Crippen molar-refractivity contribution in [3.63, 3.8) is 0 Å². The van der Waals surface area contributed by atoms with E-state index in [-0.39, 0.29) is 5.56 Å². The molecule has 0 radical (unpaired) electrons. The highest BCUT2D eigenvalue weighted by Crippen LogP contribution is 2.27. The summed E-state index contributed by atoms with van der Waals surface area (Å²) in [6, 6.07) is 17.6. The Morgan fingerprint density at radius 1 is 0.897 bits per heavy atom. The lowest BCUT2D eigenvalue weighted by Gasteiger charge is -2.32. The minimum absolute atomic E-state index is 0.131. The highest BCUT2D eigenvalue weighted by atomic mass is 16.1. The van der Waals surface area contributed by atoms with Crippen LogP contribution in [0.2, 0.25) is 0 Å². The Morgan fingerprint density at radius 2 is 1.66 bits per heavy atom. The van der Waals surface area contributed by atoms with Crippen LogP contribution in [-0.4, -0.2) is 23.0 Å². The molecule has 1 aromatic heterocycles. The van der Waals surface area contributed by atoms with Crippen LogP contribution in [0.5, 0.6) is 0 Å². The lowest BCUT2D eigenvalue weighted by Crippen LogP contribution is -2.33. The van der Waals surface area contributed by atoms with Gasteiger partial charge in [0.05, 0.1) is 0 Å². The van der Waals surface area contributed by atoms with Gasteiger partial charge in [-0.15, -0.1) is 0 Å². The standard InChI is InChI=1S/C26H30N2O/c29-26-24-9-5-4-8-22(24)23-11-10-21(17-25(23)27-26)18-28-14-12-20(13-15-28)16-19-6-2-1-3-7-19/h1-3,6-7,10-11,17,20H,4-5,8-9,12-16,18H2,(H,27,29). The topological polar surface area (TPSA) is 36.1 Å². The summed E-state index contributed by atoms with van der Waals surface area (Å²) >= 11 is 0. The fourth-order valence-electron chi connectivity index (χ4n) is 5.26. The third-order valence-electron chi connectivity index (χ3n) is 6.88. The Kier molecular flexibility index (Phi) is 5.24. The average molecular weight is 387 g/mol. The number of hydrogen-bond acceptors (Lipinski definition) is 2. The number of piperidine rings is 1. The number of hydrogen-bond donors (Lipinski definition) is 1. The molecule has 3 heteroatoms. The molecule has 1 N–H and O–H groups in total. The zero-order valence-electron chi connectivity index (χ0n) is 17.1. The highest BCUT2D eigenvalue weighted by molar-refractivity contribution is 5.84. The third-order valence-corrected chi connectivity index (χ3v) is 6.88. The highest BCUT2D eigenvalue weighted by Gasteiger charge is 2.20. The van der Waals surface area contributed by atoms with E-state index in [4.69, 9.17) is 0 Å². The van der Waals surface area contributed by atoms with Crippen LogP contribution in [-0.2, 0) is 25.8 Å². The molecule has 3 aromatic rings. The Balaban J connectivity index is 1.26. The van der Waals surface area contributed by atoms with Gasteiger partial charge in [0.1, 0.15) is 0 Å². The minimum atomic E-state index is 0.131. The zero-order valence-corrected chi connectivity index (χ0v) is 17.1. The maximum atomic E-state index is 12.5. The fraction of sp³-hybridized carbons (Fsp3) is 0.423. The maximum absolute atomic E-state index is 12.5. The van der Waals surface area contributed by atoms with Crippen molar-refractivity contribution in [3.05, 3.63) is 81.1 Å². The molecule has 2 aliphatic rings. The number of aromatic nitrogens is 1. The molecule has 150 valence electrons. The van der Waals surface area contributed by atoms with Crippen LogP contribution in [0, 0.1) is 5.92 Å². The van der Waals surface area contributed by atoms with Crippen molar-refractivity contribution >= 4 is 10.9 Å². The number of pyridine rings is 1. The summed E-state index contributed by atoms with van der Waals surface area (Å²) in [6.45, 7) is 3.31. The lowest BCUT2D eigenvalue weighted by atomic mass is 9.89. The van der Waals surface area contributed by atoms with Crippen LogP contribution < -0.4 is 5.56 Å². The van der Waals surface area contributed by atoms with Crippen molar-refractivity contribution in [1.82, 2.24) is 9.88 Å². The number of nitrogens with one attached hydrogen (secondary N) is 1. The molecular formula is C26H30N2O. The third kappa shape index (κ3) is 4.02. The average Bonchev–Trinajstić information content (AvgIpc) is 2.76. The molecule has 2 aromatic carbocycles. The molecule has 0 spiro atoms. The molecule has 1 aliphatic heterocycles. The first-order valence-electron chi connectivity index (χ1n) is 11.2. The summed E-state index contributed by atoms with van der Waals surface area (Å²) in [5.74, 6) is 0.799. The van der Waals surface area contributed by atoms with Crippen molar-refractivity contribution in [2.75, 3.05) is 13.1 Å². The normalized spacial score (nSPS) is 18.1. The maximum Gasteiger partial charge on any atom is 0.251 e. The Bertz CT molecular complexity index is 1050. The van der Waals surface area contributed by atoms with Crippen LogP contribution in [0.1, 0.15) is 47.9 Å². The van der Waals surface area contributed by atoms with Gasteiger partial charge in [-0.2, -0.15) is 0 Å². The predicted octanol–water partition coefficient (Wildman–Crippen LogP) is 4.86. The molecule has 5 rings (SSSR count). The van der Waals surface area contributed by atoms with Crippen LogP contribution in [0.25, 0.3) is 10.9 Å². The number of H-pyrrole nitrogens is 1. The summed E-state index contributed by atoms with van der Waals surface area (Å²) in [4.78, 5) is 18.2. The number of rotatable bonds is 4. The first kappa shape index (κ1) is 18.6. The van der Waals surface area contributed by atoms with Gasteiger partial charge < -0.3 is 4.98 Å². The molecular weight excluding hydrogens is 356 g/mol. The molecule has 0 unspecified atom stereocenters. The fourth-order valence-corrected chi connectivity index (χ4v) is 5.26. The number of benzene rings is 2. The molecule has 0 bridgehead atoms. The van der Waals surface area contributed by atoms with Crippen LogP contribution in [0.15, 0.2) is 53.3 Å². The first-order valence-corrected chi connectivity index (χ1v) is 11.2. The van der Waals surface area contributed by atoms with Crippen LogP contribution in [0.4, 0.5) is 0 Å². The second kappa shape index (κ2) is 8.16. The Hall–Kier alpha value is -2.39. The van der Waals surface area contributed by atoms with Gasteiger partial charge in [-0.3, -0.25) is 9.69 Å². The van der Waals surface area contributed by atoms with E-state index >= 15 is 0 Å². The van der Waals surface area contributed by atoms with Crippen molar-refractivity contribution in [3.8, 4) is 0 Å². The Labute approximate surface area is 172 Å². The van der Waals surface area contributed by atoms with Gasteiger partial charge in [0.15, 0.2) is 0 Å². The smallest absolute Gasteiger partial charge is 0.251 e.